The number of hydrogen-bond acceptors (Lipinski definition) is 1. The summed E-state index contributed by atoms with van der Waals surface area (Å²) in [4.78, 5) is 0. The van der Waals surface area contributed by atoms with Crippen LogP contribution in [0.2, 0.25) is 0 Å². The molecular weight excluding hydrogens is 198 g/mol. The van der Waals surface area contributed by atoms with E-state index in [0.29, 0.717) is 0 Å². The van der Waals surface area contributed by atoms with E-state index in [1.807, 2.05) is 5.32 Å². The van der Waals surface area contributed by atoms with Gasteiger partial charge in [-0.15, -0.1) is 0 Å². The zero-order valence-electron chi connectivity index (χ0n) is 7.45. The Labute approximate surface area is 78.7 Å². The molecule has 0 amide bonds. The van der Waals surface area contributed by atoms with Crippen LogP contribution in [0.1, 0.15) is 5.56 Å². The highest BCUT2D eigenvalue weighted by atomic mass is 19.3. The van der Waals surface area contributed by atoms with Crippen molar-refractivity contribution < 1.29 is 17.6 Å². The molecule has 0 aliphatic heterocycles. The lowest BCUT2D eigenvalue weighted by Gasteiger charge is -2.09. The van der Waals surface area contributed by atoms with Crippen molar-refractivity contribution in [3.05, 3.63) is 29.3 Å². The molecule has 0 aliphatic rings. The average Bonchev–Trinajstić information content (AvgIpc) is 2.11. The number of aryl methyl sites for hydroxylation is 1. The van der Waals surface area contributed by atoms with Crippen LogP contribution in [0.4, 0.5) is 23.2 Å². The van der Waals surface area contributed by atoms with Gasteiger partial charge < -0.3 is 5.32 Å². The molecule has 0 aromatic heterocycles. The predicted octanol–water partition coefficient (Wildman–Crippen LogP) is 2.95. The molecule has 0 fully saturated rings. The molecular formula is C9H9F4N. The Hall–Kier alpha value is -1.26. The minimum atomic E-state index is -2.64. The molecule has 0 atom stereocenters. The molecule has 0 saturated heterocycles. The molecule has 0 radical (unpaired) electrons. The number of alkyl halides is 2. The molecule has 1 aromatic rings. The van der Waals surface area contributed by atoms with E-state index in [-0.39, 0.29) is 5.56 Å². The molecule has 0 unspecified atom stereocenters. The fourth-order valence-electron chi connectivity index (χ4n) is 0.998. The SMILES string of the molecule is Cc1ccc(F)c(NCC(F)F)c1F. The number of hydrogen-bond donors (Lipinski definition) is 1. The van der Waals surface area contributed by atoms with Crippen molar-refractivity contribution in [1.82, 2.24) is 0 Å². The number of halogens is 4. The lowest BCUT2D eigenvalue weighted by atomic mass is 10.2. The Morgan fingerprint density at radius 3 is 2.50 bits per heavy atom. The maximum Gasteiger partial charge on any atom is 0.255 e. The van der Waals surface area contributed by atoms with Crippen molar-refractivity contribution in [2.75, 3.05) is 11.9 Å². The summed E-state index contributed by atoms with van der Waals surface area (Å²) in [6.45, 7) is 0.666. The first-order valence-electron chi connectivity index (χ1n) is 3.99. The van der Waals surface area contributed by atoms with Crippen LogP contribution in [0.5, 0.6) is 0 Å². The van der Waals surface area contributed by atoms with Gasteiger partial charge >= 0.3 is 0 Å². The van der Waals surface area contributed by atoms with Gasteiger partial charge in [0.15, 0.2) is 5.82 Å². The minimum absolute atomic E-state index is 0.211. The molecule has 1 rings (SSSR count). The van der Waals surface area contributed by atoms with Crippen molar-refractivity contribution >= 4 is 5.69 Å². The molecule has 1 N–H and O–H groups in total. The molecule has 14 heavy (non-hydrogen) atoms. The van der Waals surface area contributed by atoms with E-state index < -0.39 is 30.3 Å². The van der Waals surface area contributed by atoms with E-state index in [9.17, 15) is 17.6 Å². The number of anilines is 1. The predicted molar refractivity (Wildman–Crippen MR) is 45.6 cm³/mol. The molecule has 78 valence electrons. The summed E-state index contributed by atoms with van der Waals surface area (Å²) in [6, 6.07) is 2.28. The van der Waals surface area contributed by atoms with Gasteiger partial charge in [0, 0.05) is 0 Å². The van der Waals surface area contributed by atoms with Crippen molar-refractivity contribution in [3.63, 3.8) is 0 Å². The minimum Gasteiger partial charge on any atom is -0.375 e. The monoisotopic (exact) mass is 207 g/mol. The smallest absolute Gasteiger partial charge is 0.255 e. The fraction of sp³-hybridized carbons (Fsp3) is 0.333. The Bertz CT molecular complexity index is 325. The van der Waals surface area contributed by atoms with Gasteiger partial charge in [-0.05, 0) is 18.6 Å². The summed E-state index contributed by atoms with van der Waals surface area (Å²) >= 11 is 0. The van der Waals surface area contributed by atoms with Gasteiger partial charge in [-0.1, -0.05) is 6.07 Å². The summed E-state index contributed by atoms with van der Waals surface area (Å²) in [5.41, 5.74) is -0.284. The summed E-state index contributed by atoms with van der Waals surface area (Å²) < 4.78 is 49.7. The summed E-state index contributed by atoms with van der Waals surface area (Å²) in [5.74, 6) is -1.69. The maximum absolute atomic E-state index is 13.2. The lowest BCUT2D eigenvalue weighted by molar-refractivity contribution is 0.163. The van der Waals surface area contributed by atoms with Crippen LogP contribution < -0.4 is 5.32 Å². The van der Waals surface area contributed by atoms with E-state index in [1.54, 1.807) is 0 Å². The van der Waals surface area contributed by atoms with Crippen LogP contribution in [0.15, 0.2) is 12.1 Å². The highest BCUT2D eigenvalue weighted by molar-refractivity contribution is 5.48. The maximum atomic E-state index is 13.2. The molecule has 0 saturated carbocycles. The van der Waals surface area contributed by atoms with Crippen LogP contribution in [-0.2, 0) is 0 Å². The normalized spacial score (nSPS) is 10.7. The average molecular weight is 207 g/mol. The van der Waals surface area contributed by atoms with E-state index in [0.717, 1.165) is 6.07 Å². The zero-order valence-corrected chi connectivity index (χ0v) is 7.45. The van der Waals surface area contributed by atoms with E-state index in [4.69, 9.17) is 0 Å². The van der Waals surface area contributed by atoms with Crippen molar-refractivity contribution in [1.29, 1.82) is 0 Å². The van der Waals surface area contributed by atoms with Crippen molar-refractivity contribution in [2.45, 2.75) is 13.3 Å². The van der Waals surface area contributed by atoms with Gasteiger partial charge in [-0.3, -0.25) is 0 Å². The van der Waals surface area contributed by atoms with Crippen LogP contribution in [0.3, 0.4) is 0 Å². The second kappa shape index (κ2) is 4.30. The van der Waals surface area contributed by atoms with Crippen molar-refractivity contribution in [3.8, 4) is 0 Å². The van der Waals surface area contributed by atoms with Crippen LogP contribution in [-0.4, -0.2) is 13.0 Å². The van der Waals surface area contributed by atoms with E-state index in [1.165, 1.54) is 13.0 Å². The summed E-state index contributed by atoms with van der Waals surface area (Å²) in [7, 11) is 0. The van der Waals surface area contributed by atoms with Crippen LogP contribution >= 0.6 is 0 Å². The van der Waals surface area contributed by atoms with Gasteiger partial charge in [0.25, 0.3) is 6.43 Å². The summed E-state index contributed by atoms with van der Waals surface area (Å²) in [6.07, 6.45) is -2.64. The third kappa shape index (κ3) is 2.37. The van der Waals surface area contributed by atoms with Gasteiger partial charge in [-0.25, -0.2) is 17.6 Å². The molecule has 0 bridgehead atoms. The highest BCUT2D eigenvalue weighted by Crippen LogP contribution is 2.21. The second-order valence-corrected chi connectivity index (χ2v) is 2.83. The highest BCUT2D eigenvalue weighted by Gasteiger charge is 2.12. The van der Waals surface area contributed by atoms with Crippen molar-refractivity contribution in [2.24, 2.45) is 0 Å². The molecule has 0 heterocycles. The molecule has 0 aliphatic carbocycles. The largest absolute Gasteiger partial charge is 0.375 e. The molecule has 0 spiro atoms. The fourth-order valence-corrected chi connectivity index (χ4v) is 0.998. The Morgan fingerprint density at radius 1 is 1.29 bits per heavy atom. The molecule has 1 nitrogen and oxygen atoms in total. The van der Waals surface area contributed by atoms with Gasteiger partial charge in [-0.2, -0.15) is 0 Å². The second-order valence-electron chi connectivity index (χ2n) is 2.83. The molecule has 1 aromatic carbocycles. The summed E-state index contributed by atoms with van der Waals surface area (Å²) in [5, 5.41) is 2.02. The third-order valence-electron chi connectivity index (χ3n) is 1.72. The topological polar surface area (TPSA) is 12.0 Å². The van der Waals surface area contributed by atoms with Gasteiger partial charge in [0.2, 0.25) is 0 Å². The third-order valence-corrected chi connectivity index (χ3v) is 1.72. The Balaban J connectivity index is 2.89. The first kappa shape index (κ1) is 10.8. The first-order valence-corrected chi connectivity index (χ1v) is 3.99. The van der Waals surface area contributed by atoms with Crippen LogP contribution in [0, 0.1) is 18.6 Å². The Morgan fingerprint density at radius 2 is 1.93 bits per heavy atom. The van der Waals surface area contributed by atoms with Crippen LogP contribution in [0.25, 0.3) is 0 Å². The van der Waals surface area contributed by atoms with E-state index >= 15 is 0 Å². The number of nitrogens with one attached hydrogen (secondary N) is 1. The number of benzene rings is 1. The van der Waals surface area contributed by atoms with Gasteiger partial charge in [0.05, 0.1) is 6.54 Å². The van der Waals surface area contributed by atoms with E-state index in [2.05, 4.69) is 0 Å². The standard InChI is InChI=1S/C9H9F4N/c1-5-2-3-6(10)9(8(5)13)14-4-7(11)12/h2-3,7,14H,4H2,1H3. The van der Waals surface area contributed by atoms with Gasteiger partial charge in [0.1, 0.15) is 11.5 Å². The quantitative estimate of drug-likeness (QED) is 0.751. The number of rotatable bonds is 3. The molecule has 5 heteroatoms. The zero-order chi connectivity index (χ0) is 10.7. The lowest BCUT2D eigenvalue weighted by Crippen LogP contribution is -2.13. The first-order chi connectivity index (χ1) is 6.52. The Kier molecular flexibility index (Phi) is 3.33.